The molecule has 2 amide bonds. The molecule has 0 atom stereocenters. The highest BCUT2D eigenvalue weighted by Crippen LogP contribution is 2.18. The first-order chi connectivity index (χ1) is 11.2. The van der Waals surface area contributed by atoms with Crippen LogP contribution in [0, 0.1) is 5.82 Å². The monoisotopic (exact) mass is 334 g/mol. The standard InChI is InChI=1S/C16H19FN4OS/c17-14-3-1-2-13(12-14)4-5-18-15(22)20-7-9-21(10-8-20)16-19-6-11-23-16/h1-3,6,11-12H,4-5,7-10H2,(H,18,22). The zero-order valence-electron chi connectivity index (χ0n) is 12.7. The molecule has 0 saturated carbocycles. The minimum absolute atomic E-state index is 0.0554. The second-order valence-electron chi connectivity index (χ2n) is 5.40. The van der Waals surface area contributed by atoms with E-state index in [0.717, 1.165) is 23.8 Å². The molecule has 1 aromatic heterocycles. The van der Waals surface area contributed by atoms with Gasteiger partial charge >= 0.3 is 6.03 Å². The molecule has 5 nitrogen and oxygen atoms in total. The number of benzene rings is 1. The van der Waals surface area contributed by atoms with E-state index in [-0.39, 0.29) is 11.8 Å². The summed E-state index contributed by atoms with van der Waals surface area (Å²) in [6, 6.07) is 6.41. The van der Waals surface area contributed by atoms with E-state index in [4.69, 9.17) is 0 Å². The normalized spacial score (nSPS) is 14.8. The van der Waals surface area contributed by atoms with Gasteiger partial charge in [-0.1, -0.05) is 12.1 Å². The molecule has 0 bridgehead atoms. The van der Waals surface area contributed by atoms with Crippen LogP contribution in [0.2, 0.25) is 0 Å². The lowest BCUT2D eigenvalue weighted by atomic mass is 10.1. The minimum atomic E-state index is -0.243. The van der Waals surface area contributed by atoms with Gasteiger partial charge in [-0.2, -0.15) is 0 Å². The Morgan fingerprint density at radius 3 is 2.83 bits per heavy atom. The van der Waals surface area contributed by atoms with E-state index in [9.17, 15) is 9.18 Å². The number of hydrogen-bond acceptors (Lipinski definition) is 4. The fraction of sp³-hybridized carbons (Fsp3) is 0.375. The number of nitrogens with one attached hydrogen (secondary N) is 1. The van der Waals surface area contributed by atoms with Gasteiger partial charge in [0.25, 0.3) is 0 Å². The van der Waals surface area contributed by atoms with Crippen LogP contribution in [0.25, 0.3) is 0 Å². The number of amides is 2. The van der Waals surface area contributed by atoms with E-state index >= 15 is 0 Å². The highest BCUT2D eigenvalue weighted by molar-refractivity contribution is 7.13. The van der Waals surface area contributed by atoms with Crippen LogP contribution in [0.15, 0.2) is 35.8 Å². The van der Waals surface area contributed by atoms with Crippen molar-refractivity contribution in [3.05, 3.63) is 47.2 Å². The molecule has 0 radical (unpaired) electrons. The average Bonchev–Trinajstić information content (AvgIpc) is 3.09. The summed E-state index contributed by atoms with van der Waals surface area (Å²) in [6.45, 7) is 3.47. The van der Waals surface area contributed by atoms with Crippen molar-refractivity contribution in [2.45, 2.75) is 6.42 Å². The fourth-order valence-corrected chi connectivity index (χ4v) is 3.29. The van der Waals surface area contributed by atoms with E-state index in [1.807, 2.05) is 16.3 Å². The summed E-state index contributed by atoms with van der Waals surface area (Å²) in [5.74, 6) is -0.243. The highest BCUT2D eigenvalue weighted by Gasteiger charge is 2.21. The SMILES string of the molecule is O=C(NCCc1cccc(F)c1)N1CCN(c2nccs2)CC1. The van der Waals surface area contributed by atoms with Crippen LogP contribution in [0.5, 0.6) is 0 Å². The summed E-state index contributed by atoms with van der Waals surface area (Å²) in [7, 11) is 0. The Bertz CT molecular complexity index is 641. The highest BCUT2D eigenvalue weighted by atomic mass is 32.1. The Morgan fingerprint density at radius 1 is 1.30 bits per heavy atom. The molecular weight excluding hydrogens is 315 g/mol. The predicted octanol–water partition coefficient (Wildman–Crippen LogP) is 2.36. The van der Waals surface area contributed by atoms with Gasteiger partial charge in [-0.15, -0.1) is 11.3 Å². The number of urea groups is 1. The van der Waals surface area contributed by atoms with E-state index < -0.39 is 0 Å². The van der Waals surface area contributed by atoms with Crippen LogP contribution in [-0.4, -0.2) is 48.6 Å². The lowest BCUT2D eigenvalue weighted by molar-refractivity contribution is 0.194. The first kappa shape index (κ1) is 15.7. The summed E-state index contributed by atoms with van der Waals surface area (Å²) in [5, 5.41) is 5.87. The van der Waals surface area contributed by atoms with E-state index in [1.165, 1.54) is 12.1 Å². The van der Waals surface area contributed by atoms with Crippen LogP contribution >= 0.6 is 11.3 Å². The molecule has 0 unspecified atom stereocenters. The number of hydrogen-bond donors (Lipinski definition) is 1. The van der Waals surface area contributed by atoms with E-state index in [1.54, 1.807) is 23.6 Å². The van der Waals surface area contributed by atoms with Gasteiger partial charge < -0.3 is 15.1 Å². The third-order valence-electron chi connectivity index (χ3n) is 3.84. The van der Waals surface area contributed by atoms with Crippen LogP contribution < -0.4 is 10.2 Å². The Labute approximate surface area is 138 Å². The molecule has 1 N–H and O–H groups in total. The molecule has 23 heavy (non-hydrogen) atoms. The number of rotatable bonds is 4. The lowest BCUT2D eigenvalue weighted by Crippen LogP contribution is -2.52. The Kier molecular flexibility index (Phi) is 5.07. The molecule has 1 aliphatic rings. The van der Waals surface area contributed by atoms with Crippen molar-refractivity contribution < 1.29 is 9.18 Å². The van der Waals surface area contributed by atoms with Gasteiger partial charge in [0, 0.05) is 44.3 Å². The summed E-state index contributed by atoms with van der Waals surface area (Å²) in [6.07, 6.45) is 2.42. The Balaban J connectivity index is 1.41. The van der Waals surface area contributed by atoms with Crippen LogP contribution in [0.3, 0.4) is 0 Å². The molecule has 1 saturated heterocycles. The molecule has 122 valence electrons. The molecule has 0 spiro atoms. The fourth-order valence-electron chi connectivity index (χ4n) is 2.59. The zero-order chi connectivity index (χ0) is 16.1. The first-order valence-corrected chi connectivity index (χ1v) is 8.52. The molecule has 3 rings (SSSR count). The molecule has 1 aromatic carbocycles. The third kappa shape index (κ3) is 4.19. The number of piperazine rings is 1. The van der Waals surface area contributed by atoms with Crippen molar-refractivity contribution in [2.24, 2.45) is 0 Å². The Morgan fingerprint density at radius 2 is 2.13 bits per heavy atom. The number of aromatic nitrogens is 1. The summed E-state index contributed by atoms with van der Waals surface area (Å²) in [4.78, 5) is 20.5. The number of nitrogens with zero attached hydrogens (tertiary/aromatic N) is 3. The third-order valence-corrected chi connectivity index (χ3v) is 4.67. The maximum Gasteiger partial charge on any atom is 0.317 e. The lowest BCUT2D eigenvalue weighted by Gasteiger charge is -2.34. The van der Waals surface area contributed by atoms with Gasteiger partial charge in [-0.25, -0.2) is 14.2 Å². The summed E-state index contributed by atoms with van der Waals surface area (Å²) < 4.78 is 13.1. The van der Waals surface area contributed by atoms with Crippen LogP contribution in [0.4, 0.5) is 14.3 Å². The smallest absolute Gasteiger partial charge is 0.317 e. The first-order valence-electron chi connectivity index (χ1n) is 7.64. The van der Waals surface area contributed by atoms with Crippen molar-refractivity contribution in [3.63, 3.8) is 0 Å². The number of halogens is 1. The van der Waals surface area contributed by atoms with Gasteiger partial charge in [0.1, 0.15) is 5.82 Å². The van der Waals surface area contributed by atoms with Gasteiger partial charge in [0.15, 0.2) is 5.13 Å². The predicted molar refractivity (Wildman–Crippen MR) is 89.4 cm³/mol. The van der Waals surface area contributed by atoms with Crippen molar-refractivity contribution in [1.29, 1.82) is 0 Å². The van der Waals surface area contributed by atoms with Gasteiger partial charge in [-0.05, 0) is 24.1 Å². The van der Waals surface area contributed by atoms with Crippen molar-refractivity contribution in [2.75, 3.05) is 37.6 Å². The largest absolute Gasteiger partial charge is 0.345 e. The zero-order valence-corrected chi connectivity index (χ0v) is 13.6. The topological polar surface area (TPSA) is 48.5 Å². The van der Waals surface area contributed by atoms with E-state index in [0.29, 0.717) is 26.1 Å². The average molecular weight is 334 g/mol. The van der Waals surface area contributed by atoms with Gasteiger partial charge in [0.05, 0.1) is 0 Å². The summed E-state index contributed by atoms with van der Waals surface area (Å²) in [5.41, 5.74) is 0.888. The van der Waals surface area contributed by atoms with Crippen molar-refractivity contribution in [1.82, 2.24) is 15.2 Å². The second-order valence-corrected chi connectivity index (χ2v) is 6.27. The molecule has 2 heterocycles. The van der Waals surface area contributed by atoms with Crippen molar-refractivity contribution in [3.8, 4) is 0 Å². The number of carbonyl (C=O) groups excluding carboxylic acids is 1. The number of carbonyl (C=O) groups is 1. The van der Waals surface area contributed by atoms with Gasteiger partial charge in [-0.3, -0.25) is 0 Å². The second kappa shape index (κ2) is 7.41. The van der Waals surface area contributed by atoms with Crippen molar-refractivity contribution >= 4 is 22.5 Å². The van der Waals surface area contributed by atoms with E-state index in [2.05, 4.69) is 15.2 Å². The maximum atomic E-state index is 13.1. The van der Waals surface area contributed by atoms with Gasteiger partial charge in [0.2, 0.25) is 0 Å². The maximum absolute atomic E-state index is 13.1. The molecule has 0 aliphatic carbocycles. The molecular formula is C16H19FN4OS. The van der Waals surface area contributed by atoms with Crippen LogP contribution in [-0.2, 0) is 6.42 Å². The van der Waals surface area contributed by atoms with Crippen LogP contribution in [0.1, 0.15) is 5.56 Å². The molecule has 2 aromatic rings. The molecule has 1 aliphatic heterocycles. The molecule has 1 fully saturated rings. The number of anilines is 1. The summed E-state index contributed by atoms with van der Waals surface area (Å²) >= 11 is 1.62. The minimum Gasteiger partial charge on any atom is -0.345 e. The number of thiazole rings is 1. The molecule has 7 heteroatoms. The quantitative estimate of drug-likeness (QED) is 0.934. The Hall–Kier alpha value is -2.15.